The van der Waals surface area contributed by atoms with E-state index in [2.05, 4.69) is 9.97 Å². The van der Waals surface area contributed by atoms with E-state index in [1.54, 1.807) is 4.90 Å². The lowest BCUT2D eigenvalue weighted by atomic mass is 9.93. The van der Waals surface area contributed by atoms with Gasteiger partial charge in [-0.25, -0.2) is 4.98 Å². The predicted octanol–water partition coefficient (Wildman–Crippen LogP) is 1.86. The summed E-state index contributed by atoms with van der Waals surface area (Å²) in [5.74, 6) is 0.0253. The quantitative estimate of drug-likeness (QED) is 0.839. The van der Waals surface area contributed by atoms with Crippen molar-refractivity contribution in [3.63, 3.8) is 0 Å². The number of rotatable bonds is 5. The Kier molecular flexibility index (Phi) is 5.69. The molecule has 0 radical (unpaired) electrons. The van der Waals surface area contributed by atoms with Crippen LogP contribution in [-0.4, -0.2) is 39.8 Å². The minimum atomic E-state index is -0.440. The van der Waals surface area contributed by atoms with Crippen molar-refractivity contribution in [2.75, 3.05) is 13.1 Å². The van der Waals surface area contributed by atoms with E-state index in [-0.39, 0.29) is 23.3 Å². The summed E-state index contributed by atoms with van der Waals surface area (Å²) in [6, 6.07) is 7.63. The molecule has 7 nitrogen and oxygen atoms in total. The third-order valence-electron chi connectivity index (χ3n) is 4.96. The molecule has 2 aromatic rings. The van der Waals surface area contributed by atoms with Crippen molar-refractivity contribution in [3.8, 4) is 11.4 Å². The molecule has 1 saturated heterocycles. The molecule has 2 heterocycles. The molecule has 0 saturated carbocycles. The normalized spacial score (nSPS) is 16.9. The van der Waals surface area contributed by atoms with Gasteiger partial charge >= 0.3 is 0 Å². The number of likely N-dealkylation sites (tertiary alicyclic amines) is 1. The topological polar surface area (TPSA) is 109 Å². The highest BCUT2D eigenvalue weighted by Gasteiger charge is 2.26. The number of amides is 2. The number of aryl methyl sites for hydroxylation is 1. The highest BCUT2D eigenvalue weighted by Crippen LogP contribution is 2.22. The van der Waals surface area contributed by atoms with Gasteiger partial charge in [0.2, 0.25) is 5.91 Å². The number of hydrogen-bond acceptors (Lipinski definition) is 4. The Hall–Kier alpha value is -2.96. The SMILES string of the molecule is Cc1ccc(-c2ncc(C(=O)N3CCCC(CCC(N)=O)C3)c(=O)[nH]2)cc1. The number of nitrogens with one attached hydrogen (secondary N) is 1. The van der Waals surface area contributed by atoms with Crippen molar-refractivity contribution >= 4 is 11.8 Å². The maximum Gasteiger partial charge on any atom is 0.264 e. The number of aromatic nitrogens is 2. The predicted molar refractivity (Wildman–Crippen MR) is 102 cm³/mol. The first-order valence-electron chi connectivity index (χ1n) is 9.18. The maximum absolute atomic E-state index is 12.8. The van der Waals surface area contributed by atoms with E-state index in [0.29, 0.717) is 31.8 Å². The number of nitrogens with zero attached hydrogens (tertiary/aromatic N) is 2. The van der Waals surface area contributed by atoms with Crippen LogP contribution in [0.4, 0.5) is 0 Å². The van der Waals surface area contributed by atoms with Crippen molar-refractivity contribution in [2.45, 2.75) is 32.6 Å². The maximum atomic E-state index is 12.8. The summed E-state index contributed by atoms with van der Waals surface area (Å²) in [6.45, 7) is 3.12. The zero-order valence-electron chi connectivity index (χ0n) is 15.4. The van der Waals surface area contributed by atoms with Crippen LogP contribution in [0.3, 0.4) is 0 Å². The summed E-state index contributed by atoms with van der Waals surface area (Å²) >= 11 is 0. The summed E-state index contributed by atoms with van der Waals surface area (Å²) in [5.41, 5.74) is 6.72. The van der Waals surface area contributed by atoms with E-state index in [1.807, 2.05) is 31.2 Å². The van der Waals surface area contributed by atoms with Crippen molar-refractivity contribution in [2.24, 2.45) is 11.7 Å². The van der Waals surface area contributed by atoms with E-state index < -0.39 is 5.56 Å². The zero-order valence-corrected chi connectivity index (χ0v) is 15.4. The monoisotopic (exact) mass is 368 g/mol. The number of H-pyrrole nitrogens is 1. The van der Waals surface area contributed by atoms with E-state index in [9.17, 15) is 14.4 Å². The highest BCUT2D eigenvalue weighted by atomic mass is 16.2. The summed E-state index contributed by atoms with van der Waals surface area (Å²) < 4.78 is 0. The summed E-state index contributed by atoms with van der Waals surface area (Å²) in [7, 11) is 0. The van der Waals surface area contributed by atoms with E-state index in [0.717, 1.165) is 24.0 Å². The van der Waals surface area contributed by atoms with Crippen molar-refractivity contribution in [1.82, 2.24) is 14.9 Å². The molecule has 2 amide bonds. The Morgan fingerprint density at radius 2 is 2.04 bits per heavy atom. The van der Waals surface area contributed by atoms with Crippen LogP contribution in [0.25, 0.3) is 11.4 Å². The number of carbonyl (C=O) groups excluding carboxylic acids is 2. The minimum Gasteiger partial charge on any atom is -0.370 e. The minimum absolute atomic E-state index is 0.0430. The molecular formula is C20H24N4O3. The molecule has 3 rings (SSSR count). The van der Waals surface area contributed by atoms with Crippen molar-refractivity contribution < 1.29 is 9.59 Å². The lowest BCUT2D eigenvalue weighted by Gasteiger charge is -2.32. The Labute approximate surface area is 157 Å². The van der Waals surface area contributed by atoms with E-state index in [1.165, 1.54) is 6.20 Å². The Balaban J connectivity index is 1.73. The molecule has 1 aliphatic rings. The van der Waals surface area contributed by atoms with Gasteiger partial charge in [0, 0.05) is 31.3 Å². The third-order valence-corrected chi connectivity index (χ3v) is 4.96. The second-order valence-electron chi connectivity index (χ2n) is 7.11. The number of nitrogens with two attached hydrogens (primary N) is 1. The van der Waals surface area contributed by atoms with Gasteiger partial charge in [-0.05, 0) is 32.1 Å². The first kappa shape index (κ1) is 18.8. The number of carbonyl (C=O) groups is 2. The number of aromatic amines is 1. The van der Waals surface area contributed by atoms with Crippen LogP contribution in [-0.2, 0) is 4.79 Å². The summed E-state index contributed by atoms with van der Waals surface area (Å²) in [4.78, 5) is 44.9. The highest BCUT2D eigenvalue weighted by molar-refractivity contribution is 5.93. The van der Waals surface area contributed by atoms with Crippen LogP contribution in [0.1, 0.15) is 41.6 Å². The van der Waals surface area contributed by atoms with Crippen LogP contribution in [0.15, 0.2) is 35.3 Å². The number of piperidine rings is 1. The van der Waals surface area contributed by atoms with Crippen molar-refractivity contribution in [1.29, 1.82) is 0 Å². The Bertz CT molecular complexity index is 889. The summed E-state index contributed by atoms with van der Waals surface area (Å²) in [6.07, 6.45) is 4.14. The fourth-order valence-electron chi connectivity index (χ4n) is 3.41. The van der Waals surface area contributed by atoms with Gasteiger partial charge in [0.15, 0.2) is 0 Å². The van der Waals surface area contributed by atoms with Crippen LogP contribution < -0.4 is 11.3 Å². The average molecular weight is 368 g/mol. The fourth-order valence-corrected chi connectivity index (χ4v) is 3.41. The van der Waals surface area contributed by atoms with Crippen LogP contribution in [0, 0.1) is 12.8 Å². The van der Waals surface area contributed by atoms with Crippen molar-refractivity contribution in [3.05, 3.63) is 51.9 Å². The smallest absolute Gasteiger partial charge is 0.264 e. The Morgan fingerprint density at radius 3 is 2.70 bits per heavy atom. The summed E-state index contributed by atoms with van der Waals surface area (Å²) in [5, 5.41) is 0. The van der Waals surface area contributed by atoms with E-state index in [4.69, 9.17) is 5.73 Å². The lowest BCUT2D eigenvalue weighted by molar-refractivity contribution is -0.118. The first-order valence-corrected chi connectivity index (χ1v) is 9.18. The molecular weight excluding hydrogens is 344 g/mol. The van der Waals surface area contributed by atoms with Gasteiger partial charge in [-0.3, -0.25) is 14.4 Å². The van der Waals surface area contributed by atoms with Gasteiger partial charge in [-0.1, -0.05) is 29.8 Å². The molecule has 142 valence electrons. The molecule has 1 aromatic carbocycles. The standard InChI is InChI=1S/C20H24N4O3/c1-13-4-7-15(8-5-13)18-22-11-16(19(26)23-18)20(27)24-10-2-3-14(12-24)6-9-17(21)25/h4-5,7-8,11,14H,2-3,6,9-10,12H2,1H3,(H2,21,25)(H,22,23,26). The van der Waals surface area contributed by atoms with Gasteiger partial charge in [-0.15, -0.1) is 0 Å². The van der Waals surface area contributed by atoms with Gasteiger partial charge < -0.3 is 15.6 Å². The van der Waals surface area contributed by atoms with Gasteiger partial charge in [-0.2, -0.15) is 0 Å². The molecule has 0 aliphatic carbocycles. The molecule has 0 bridgehead atoms. The second-order valence-corrected chi connectivity index (χ2v) is 7.11. The molecule has 1 atom stereocenters. The number of benzene rings is 1. The first-order chi connectivity index (χ1) is 12.9. The molecule has 27 heavy (non-hydrogen) atoms. The van der Waals surface area contributed by atoms with Gasteiger partial charge in [0.25, 0.3) is 11.5 Å². The third kappa shape index (κ3) is 4.61. The zero-order chi connectivity index (χ0) is 19.4. The molecule has 0 spiro atoms. The molecule has 1 fully saturated rings. The number of primary amides is 1. The van der Waals surface area contributed by atoms with E-state index >= 15 is 0 Å². The molecule has 1 aliphatic heterocycles. The lowest BCUT2D eigenvalue weighted by Crippen LogP contribution is -2.42. The number of hydrogen-bond donors (Lipinski definition) is 2. The molecule has 1 unspecified atom stereocenters. The van der Waals surface area contributed by atoms with Crippen LogP contribution >= 0.6 is 0 Å². The van der Waals surface area contributed by atoms with Gasteiger partial charge in [0.1, 0.15) is 11.4 Å². The molecule has 1 aromatic heterocycles. The van der Waals surface area contributed by atoms with Crippen LogP contribution in [0.5, 0.6) is 0 Å². The Morgan fingerprint density at radius 1 is 1.30 bits per heavy atom. The molecule has 7 heteroatoms. The van der Waals surface area contributed by atoms with Crippen LogP contribution in [0.2, 0.25) is 0 Å². The molecule has 3 N–H and O–H groups in total. The fraction of sp³-hybridized carbons (Fsp3) is 0.400. The largest absolute Gasteiger partial charge is 0.370 e. The second kappa shape index (κ2) is 8.16. The van der Waals surface area contributed by atoms with Gasteiger partial charge in [0.05, 0.1) is 0 Å². The average Bonchev–Trinajstić information content (AvgIpc) is 2.66.